The van der Waals surface area contributed by atoms with E-state index in [4.69, 9.17) is 8.37 Å². The zero-order valence-electron chi connectivity index (χ0n) is 14.0. The lowest BCUT2D eigenvalue weighted by molar-refractivity contribution is -0.201. The van der Waals surface area contributed by atoms with Crippen LogP contribution in [-0.4, -0.2) is 41.8 Å². The maximum atomic E-state index is 12.3. The summed E-state index contributed by atoms with van der Waals surface area (Å²) >= 11 is 0. The van der Waals surface area contributed by atoms with E-state index in [1.165, 1.54) is 0 Å². The standard InChI is InChI=1S/C16H24O8S/c17-13(18)15(11-7-3-1-4-8-11)16(14(19)20,24-25(21,22)23-15)12-9-5-2-6-10-12/h11-12H,1-10H2,(H,17,18)(H,19,20)/t15-,16-/m0/s1. The second-order valence-electron chi connectivity index (χ2n) is 7.33. The number of aliphatic carboxylic acids is 2. The zero-order valence-corrected chi connectivity index (χ0v) is 14.8. The van der Waals surface area contributed by atoms with E-state index in [0.29, 0.717) is 51.4 Å². The van der Waals surface area contributed by atoms with Gasteiger partial charge in [0.1, 0.15) is 0 Å². The molecule has 0 spiro atoms. The van der Waals surface area contributed by atoms with Gasteiger partial charge in [0.15, 0.2) is 0 Å². The summed E-state index contributed by atoms with van der Waals surface area (Å²) in [5.74, 6) is -4.55. The Labute approximate surface area is 146 Å². The summed E-state index contributed by atoms with van der Waals surface area (Å²) in [5.41, 5.74) is -4.81. The number of carboxylic acid groups (broad SMARTS) is 2. The minimum Gasteiger partial charge on any atom is -0.479 e. The van der Waals surface area contributed by atoms with Gasteiger partial charge >= 0.3 is 22.3 Å². The van der Waals surface area contributed by atoms with E-state index >= 15 is 0 Å². The van der Waals surface area contributed by atoms with Crippen LogP contribution in [0.5, 0.6) is 0 Å². The first-order valence-corrected chi connectivity index (χ1v) is 10.2. The van der Waals surface area contributed by atoms with Crippen LogP contribution in [0.2, 0.25) is 0 Å². The van der Waals surface area contributed by atoms with Crippen LogP contribution in [-0.2, 0) is 28.4 Å². The molecule has 3 fully saturated rings. The van der Waals surface area contributed by atoms with E-state index in [1.54, 1.807) is 0 Å². The first-order valence-electron chi connectivity index (χ1n) is 8.89. The summed E-state index contributed by atoms with van der Waals surface area (Å²) in [4.78, 5) is 24.7. The molecule has 2 N–H and O–H groups in total. The Hall–Kier alpha value is -1.19. The van der Waals surface area contributed by atoms with Crippen molar-refractivity contribution < 1.29 is 36.6 Å². The van der Waals surface area contributed by atoms with Crippen LogP contribution in [0.4, 0.5) is 0 Å². The van der Waals surface area contributed by atoms with E-state index in [9.17, 15) is 28.2 Å². The van der Waals surface area contributed by atoms with E-state index in [2.05, 4.69) is 0 Å². The summed E-state index contributed by atoms with van der Waals surface area (Å²) in [6, 6.07) is 0. The third-order valence-corrected chi connectivity index (χ3v) is 6.95. The van der Waals surface area contributed by atoms with Crippen molar-refractivity contribution in [3.8, 4) is 0 Å². The molecule has 9 heteroatoms. The van der Waals surface area contributed by atoms with Crippen LogP contribution in [0.15, 0.2) is 0 Å². The van der Waals surface area contributed by atoms with Crippen molar-refractivity contribution >= 4 is 22.3 Å². The predicted molar refractivity (Wildman–Crippen MR) is 85.0 cm³/mol. The molecule has 0 aromatic rings. The summed E-state index contributed by atoms with van der Waals surface area (Å²) in [5, 5.41) is 20.1. The summed E-state index contributed by atoms with van der Waals surface area (Å²) in [6.07, 6.45) is 6.30. The van der Waals surface area contributed by atoms with Crippen molar-refractivity contribution in [2.45, 2.75) is 75.4 Å². The quantitative estimate of drug-likeness (QED) is 0.763. The largest absolute Gasteiger partial charge is 0.479 e. The Kier molecular flexibility index (Phi) is 4.85. The van der Waals surface area contributed by atoms with Crippen LogP contribution in [0.1, 0.15) is 64.2 Å². The summed E-state index contributed by atoms with van der Waals surface area (Å²) in [7, 11) is -4.71. The highest BCUT2D eigenvalue weighted by atomic mass is 32.3. The van der Waals surface area contributed by atoms with Crippen LogP contribution in [0.3, 0.4) is 0 Å². The Bertz CT molecular complexity index is 597. The minimum atomic E-state index is -4.71. The maximum absolute atomic E-state index is 12.3. The first-order chi connectivity index (χ1) is 11.8. The van der Waals surface area contributed by atoms with E-state index in [0.717, 1.165) is 12.8 Å². The Morgan fingerprint density at radius 1 is 0.720 bits per heavy atom. The highest BCUT2D eigenvalue weighted by Gasteiger charge is 2.78. The molecule has 1 aliphatic heterocycles. The summed E-state index contributed by atoms with van der Waals surface area (Å²) in [6.45, 7) is 0. The molecule has 3 rings (SSSR count). The van der Waals surface area contributed by atoms with Gasteiger partial charge < -0.3 is 10.2 Å². The molecule has 0 unspecified atom stereocenters. The molecular formula is C16H24O8S. The highest BCUT2D eigenvalue weighted by molar-refractivity contribution is 7.82. The number of hydrogen-bond donors (Lipinski definition) is 2. The number of carbonyl (C=O) groups is 2. The molecule has 25 heavy (non-hydrogen) atoms. The van der Waals surface area contributed by atoms with E-state index in [1.807, 2.05) is 0 Å². The van der Waals surface area contributed by atoms with Gasteiger partial charge in [-0.3, -0.25) is 0 Å². The monoisotopic (exact) mass is 376 g/mol. The zero-order chi connectivity index (χ0) is 18.3. The predicted octanol–water partition coefficient (Wildman–Crippen LogP) is 2.09. The van der Waals surface area contributed by atoms with Crippen molar-refractivity contribution in [2.24, 2.45) is 11.8 Å². The van der Waals surface area contributed by atoms with Crippen LogP contribution in [0, 0.1) is 11.8 Å². The third-order valence-electron chi connectivity index (χ3n) is 6.01. The fourth-order valence-electron chi connectivity index (χ4n) is 4.96. The first kappa shape index (κ1) is 18.6. The van der Waals surface area contributed by atoms with Gasteiger partial charge in [0.2, 0.25) is 11.2 Å². The lowest BCUT2D eigenvalue weighted by atomic mass is 9.61. The van der Waals surface area contributed by atoms with E-state index < -0.39 is 45.4 Å². The van der Waals surface area contributed by atoms with Gasteiger partial charge in [0, 0.05) is 11.8 Å². The van der Waals surface area contributed by atoms with Crippen LogP contribution < -0.4 is 0 Å². The second kappa shape index (κ2) is 6.51. The molecule has 2 saturated carbocycles. The van der Waals surface area contributed by atoms with Gasteiger partial charge in [-0.05, 0) is 25.7 Å². The van der Waals surface area contributed by atoms with Gasteiger partial charge in [-0.25, -0.2) is 18.0 Å². The molecule has 1 saturated heterocycles. The fraction of sp³-hybridized carbons (Fsp3) is 0.875. The average Bonchev–Trinajstić information content (AvgIpc) is 2.86. The smallest absolute Gasteiger partial charge is 0.402 e. The molecule has 0 radical (unpaired) electrons. The Morgan fingerprint density at radius 3 is 1.32 bits per heavy atom. The molecular weight excluding hydrogens is 352 g/mol. The highest BCUT2D eigenvalue weighted by Crippen LogP contribution is 2.55. The number of hydrogen-bond acceptors (Lipinski definition) is 6. The minimum absolute atomic E-state index is 0.410. The van der Waals surface area contributed by atoms with Gasteiger partial charge in [0.05, 0.1) is 0 Å². The third kappa shape index (κ3) is 2.76. The Balaban J connectivity index is 2.19. The average molecular weight is 376 g/mol. The van der Waals surface area contributed by atoms with Gasteiger partial charge in [-0.1, -0.05) is 38.5 Å². The van der Waals surface area contributed by atoms with Crippen molar-refractivity contribution in [2.75, 3.05) is 0 Å². The molecule has 0 amide bonds. The van der Waals surface area contributed by atoms with Gasteiger partial charge in [-0.15, -0.1) is 0 Å². The molecule has 142 valence electrons. The second-order valence-corrected chi connectivity index (χ2v) is 8.48. The molecule has 2 atom stereocenters. The normalized spacial score (nSPS) is 37.0. The lowest BCUT2D eigenvalue weighted by Crippen LogP contribution is -2.69. The maximum Gasteiger partial charge on any atom is 0.402 e. The van der Waals surface area contributed by atoms with Crippen molar-refractivity contribution in [1.82, 2.24) is 0 Å². The Morgan fingerprint density at radius 2 is 1.04 bits per heavy atom. The van der Waals surface area contributed by atoms with Crippen molar-refractivity contribution in [3.05, 3.63) is 0 Å². The summed E-state index contributed by atoms with van der Waals surface area (Å²) < 4.78 is 34.4. The molecule has 1 heterocycles. The topological polar surface area (TPSA) is 127 Å². The van der Waals surface area contributed by atoms with Crippen molar-refractivity contribution in [3.63, 3.8) is 0 Å². The van der Waals surface area contributed by atoms with E-state index in [-0.39, 0.29) is 0 Å². The molecule has 0 bridgehead atoms. The van der Waals surface area contributed by atoms with Crippen LogP contribution in [0.25, 0.3) is 0 Å². The SMILES string of the molecule is O=C(O)[C@]1(C2CCCCC2)OS(=O)(=O)O[C@]1(C(=O)O)C1CCCCC1. The molecule has 0 aromatic heterocycles. The number of rotatable bonds is 4. The van der Waals surface area contributed by atoms with Crippen LogP contribution >= 0.6 is 0 Å². The number of carboxylic acids is 2. The molecule has 8 nitrogen and oxygen atoms in total. The van der Waals surface area contributed by atoms with Gasteiger partial charge in [0.25, 0.3) is 0 Å². The molecule has 2 aliphatic carbocycles. The molecule has 0 aromatic carbocycles. The van der Waals surface area contributed by atoms with Crippen molar-refractivity contribution in [1.29, 1.82) is 0 Å². The lowest BCUT2D eigenvalue weighted by Gasteiger charge is -2.45. The fourth-order valence-corrected chi connectivity index (χ4v) is 6.30. The van der Waals surface area contributed by atoms with Gasteiger partial charge in [-0.2, -0.15) is 8.42 Å². The molecule has 3 aliphatic rings.